The number of rotatable bonds is 1. The second-order valence-electron chi connectivity index (χ2n) is 2.80. The van der Waals surface area contributed by atoms with Gasteiger partial charge in [0, 0.05) is 5.56 Å². The van der Waals surface area contributed by atoms with Gasteiger partial charge >= 0.3 is 0 Å². The van der Waals surface area contributed by atoms with E-state index in [1.54, 1.807) is 0 Å². The van der Waals surface area contributed by atoms with Crippen LogP contribution < -0.4 is 5.84 Å². The van der Waals surface area contributed by atoms with E-state index < -0.39 is 0 Å². The normalized spacial score (nSPS) is 10.8. The summed E-state index contributed by atoms with van der Waals surface area (Å²) >= 11 is 0. The van der Waals surface area contributed by atoms with Crippen molar-refractivity contribution < 1.29 is 5.11 Å². The fraction of sp³-hybridized carbons (Fsp3) is 0.222. The monoisotopic (exact) mass is 164 g/mol. The van der Waals surface area contributed by atoms with E-state index in [0.717, 1.165) is 11.1 Å². The van der Waals surface area contributed by atoms with Gasteiger partial charge in [0.1, 0.15) is 5.75 Å². The summed E-state index contributed by atoms with van der Waals surface area (Å²) in [7, 11) is 0. The van der Waals surface area contributed by atoms with Crippen molar-refractivity contribution in [3.8, 4) is 5.75 Å². The van der Waals surface area contributed by atoms with Gasteiger partial charge in [-0.3, -0.25) is 0 Å². The Labute approximate surface area is 71.5 Å². The SMILES string of the molecule is Cc1cc(C)c(O)c(/C=N\N)c1. The van der Waals surface area contributed by atoms with Crippen LogP contribution in [0.4, 0.5) is 0 Å². The molecular weight excluding hydrogens is 152 g/mol. The molecule has 0 saturated heterocycles. The van der Waals surface area contributed by atoms with Crippen molar-refractivity contribution >= 4 is 6.21 Å². The molecule has 12 heavy (non-hydrogen) atoms. The van der Waals surface area contributed by atoms with Crippen LogP contribution in [0.2, 0.25) is 0 Å². The number of nitrogens with zero attached hydrogens (tertiary/aromatic N) is 1. The molecule has 64 valence electrons. The van der Waals surface area contributed by atoms with E-state index in [1.807, 2.05) is 26.0 Å². The molecule has 3 heteroatoms. The average molecular weight is 164 g/mol. The predicted molar refractivity (Wildman–Crippen MR) is 49.4 cm³/mol. The number of hydrogen-bond acceptors (Lipinski definition) is 3. The summed E-state index contributed by atoms with van der Waals surface area (Å²) in [4.78, 5) is 0. The molecule has 0 aliphatic rings. The highest BCUT2D eigenvalue weighted by molar-refractivity contribution is 5.84. The lowest BCUT2D eigenvalue weighted by atomic mass is 10.1. The highest BCUT2D eigenvalue weighted by Crippen LogP contribution is 2.21. The van der Waals surface area contributed by atoms with Crippen LogP contribution >= 0.6 is 0 Å². The molecule has 0 fully saturated rings. The maximum Gasteiger partial charge on any atom is 0.127 e. The first-order valence-electron chi connectivity index (χ1n) is 3.68. The fourth-order valence-corrected chi connectivity index (χ4v) is 1.17. The summed E-state index contributed by atoms with van der Waals surface area (Å²) in [6.07, 6.45) is 1.44. The molecule has 3 N–H and O–H groups in total. The Kier molecular flexibility index (Phi) is 2.33. The molecule has 0 saturated carbocycles. The van der Waals surface area contributed by atoms with Crippen LogP contribution in [-0.2, 0) is 0 Å². The summed E-state index contributed by atoms with van der Waals surface area (Å²) in [5.41, 5.74) is 2.58. The third-order valence-corrected chi connectivity index (χ3v) is 1.69. The zero-order valence-corrected chi connectivity index (χ0v) is 7.20. The average Bonchev–Trinajstić information content (AvgIpc) is 2.00. The minimum absolute atomic E-state index is 0.245. The molecule has 1 rings (SSSR count). The van der Waals surface area contributed by atoms with Crippen molar-refractivity contribution in [1.29, 1.82) is 0 Å². The molecule has 0 aromatic heterocycles. The van der Waals surface area contributed by atoms with Crippen molar-refractivity contribution in [3.63, 3.8) is 0 Å². The Morgan fingerprint density at radius 2 is 2.08 bits per heavy atom. The van der Waals surface area contributed by atoms with Gasteiger partial charge in [-0.2, -0.15) is 5.10 Å². The van der Waals surface area contributed by atoms with Crippen molar-refractivity contribution in [2.24, 2.45) is 10.9 Å². The topological polar surface area (TPSA) is 58.6 Å². The first kappa shape index (κ1) is 8.59. The van der Waals surface area contributed by atoms with Crippen LogP contribution in [0.5, 0.6) is 5.75 Å². The number of phenols is 1. The Morgan fingerprint density at radius 3 is 2.67 bits per heavy atom. The van der Waals surface area contributed by atoms with Gasteiger partial charge in [0.05, 0.1) is 6.21 Å². The molecule has 0 aliphatic carbocycles. The van der Waals surface area contributed by atoms with Gasteiger partial charge in [0.15, 0.2) is 0 Å². The van der Waals surface area contributed by atoms with Crippen LogP contribution in [0.1, 0.15) is 16.7 Å². The van der Waals surface area contributed by atoms with Gasteiger partial charge < -0.3 is 10.9 Å². The van der Waals surface area contributed by atoms with Crippen molar-refractivity contribution in [3.05, 3.63) is 28.8 Å². The quantitative estimate of drug-likeness (QED) is 0.373. The summed E-state index contributed by atoms with van der Waals surface area (Å²) in [6.45, 7) is 3.80. The van der Waals surface area contributed by atoms with Gasteiger partial charge in [0.25, 0.3) is 0 Å². The molecule has 1 aromatic rings. The number of nitrogens with two attached hydrogens (primary N) is 1. The predicted octanol–water partition coefficient (Wildman–Crippen LogP) is 1.30. The van der Waals surface area contributed by atoms with Gasteiger partial charge in [-0.15, -0.1) is 0 Å². The van der Waals surface area contributed by atoms with E-state index in [1.165, 1.54) is 6.21 Å². The first-order valence-corrected chi connectivity index (χ1v) is 3.68. The molecule has 1 aromatic carbocycles. The number of hydrogen-bond donors (Lipinski definition) is 2. The maximum absolute atomic E-state index is 9.51. The van der Waals surface area contributed by atoms with Crippen LogP contribution in [0.3, 0.4) is 0 Å². The van der Waals surface area contributed by atoms with Crippen LogP contribution in [-0.4, -0.2) is 11.3 Å². The van der Waals surface area contributed by atoms with Crippen molar-refractivity contribution in [2.45, 2.75) is 13.8 Å². The Bertz CT molecular complexity index is 319. The number of aryl methyl sites for hydroxylation is 2. The van der Waals surface area contributed by atoms with E-state index >= 15 is 0 Å². The lowest BCUT2D eigenvalue weighted by Gasteiger charge is -2.03. The van der Waals surface area contributed by atoms with Crippen molar-refractivity contribution in [1.82, 2.24) is 0 Å². The first-order chi connectivity index (χ1) is 5.65. The molecule has 0 spiro atoms. The summed E-state index contributed by atoms with van der Waals surface area (Å²) in [6, 6.07) is 3.74. The standard InChI is InChI=1S/C9H12N2O/c1-6-3-7(2)9(12)8(4-6)5-11-10/h3-5,12H,10H2,1-2H3/b11-5-. The van der Waals surface area contributed by atoms with Crippen molar-refractivity contribution in [2.75, 3.05) is 0 Å². The van der Waals surface area contributed by atoms with E-state index in [2.05, 4.69) is 5.10 Å². The minimum atomic E-state index is 0.245. The molecular formula is C9H12N2O. The third-order valence-electron chi connectivity index (χ3n) is 1.69. The van der Waals surface area contributed by atoms with Gasteiger partial charge in [-0.1, -0.05) is 6.07 Å². The van der Waals surface area contributed by atoms with Crippen LogP contribution in [0.25, 0.3) is 0 Å². The molecule has 0 bridgehead atoms. The number of benzene rings is 1. The van der Waals surface area contributed by atoms with Gasteiger partial charge in [-0.25, -0.2) is 0 Å². The molecule has 0 aliphatic heterocycles. The summed E-state index contributed by atoms with van der Waals surface area (Å²) in [5.74, 6) is 5.23. The second kappa shape index (κ2) is 3.26. The minimum Gasteiger partial charge on any atom is -0.507 e. The van der Waals surface area contributed by atoms with Gasteiger partial charge in [-0.05, 0) is 31.0 Å². The highest BCUT2D eigenvalue weighted by Gasteiger charge is 2.02. The Balaban J connectivity index is 3.27. The second-order valence-corrected chi connectivity index (χ2v) is 2.80. The molecule has 0 atom stereocenters. The van der Waals surface area contributed by atoms with E-state index in [-0.39, 0.29) is 5.75 Å². The Morgan fingerprint density at radius 1 is 1.42 bits per heavy atom. The molecule has 0 amide bonds. The molecule has 0 heterocycles. The lowest BCUT2D eigenvalue weighted by molar-refractivity contribution is 0.470. The third kappa shape index (κ3) is 1.56. The highest BCUT2D eigenvalue weighted by atomic mass is 16.3. The summed E-state index contributed by atoms with van der Waals surface area (Å²) in [5, 5.41) is 12.9. The van der Waals surface area contributed by atoms with Crippen LogP contribution in [0, 0.1) is 13.8 Å². The fourth-order valence-electron chi connectivity index (χ4n) is 1.17. The number of phenolic OH excluding ortho intramolecular Hbond substituents is 1. The summed E-state index contributed by atoms with van der Waals surface area (Å²) < 4.78 is 0. The largest absolute Gasteiger partial charge is 0.507 e. The smallest absolute Gasteiger partial charge is 0.127 e. The Hall–Kier alpha value is -1.51. The van der Waals surface area contributed by atoms with Crippen LogP contribution in [0.15, 0.2) is 17.2 Å². The molecule has 3 nitrogen and oxygen atoms in total. The van der Waals surface area contributed by atoms with E-state index in [9.17, 15) is 5.11 Å². The van der Waals surface area contributed by atoms with Gasteiger partial charge in [0.2, 0.25) is 0 Å². The van der Waals surface area contributed by atoms with E-state index in [4.69, 9.17) is 5.84 Å². The zero-order chi connectivity index (χ0) is 9.14. The lowest BCUT2D eigenvalue weighted by Crippen LogP contribution is -1.90. The zero-order valence-electron chi connectivity index (χ0n) is 7.20. The van der Waals surface area contributed by atoms with E-state index in [0.29, 0.717) is 5.56 Å². The molecule has 0 radical (unpaired) electrons. The maximum atomic E-state index is 9.51. The number of aromatic hydroxyl groups is 1. The molecule has 0 unspecified atom stereocenters. The number of hydrazone groups is 1.